The molecule has 4 saturated carbocycles. The lowest BCUT2D eigenvalue weighted by atomic mass is 9.41. The van der Waals surface area contributed by atoms with Crippen LogP contribution in [0.1, 0.15) is 85.0 Å². The molecule has 1 spiro atoms. The van der Waals surface area contributed by atoms with E-state index in [-0.39, 0.29) is 30.3 Å². The average molecular weight is 1070 g/mol. The number of carbonyl (C=O) groups excluding carboxylic acids is 1. The summed E-state index contributed by atoms with van der Waals surface area (Å²) in [4.78, 5) is 15.2. The van der Waals surface area contributed by atoms with Crippen molar-refractivity contribution < 1.29 is 124 Å². The van der Waals surface area contributed by atoms with E-state index < -0.39 is 184 Å². The van der Waals surface area contributed by atoms with Gasteiger partial charge in [-0.3, -0.25) is 4.79 Å². The zero-order valence-corrected chi connectivity index (χ0v) is 41.8. The highest BCUT2D eigenvalue weighted by Gasteiger charge is 2.69. The number of hydrogen-bond donors (Lipinski definition) is 14. The number of hydrogen-bond acceptors (Lipinski definition) is 25. The lowest BCUT2D eigenvalue weighted by molar-refractivity contribution is -0.389. The Morgan fingerprint density at radius 2 is 1.18 bits per heavy atom. The summed E-state index contributed by atoms with van der Waals surface area (Å²) in [5.74, 6) is -0.957. The van der Waals surface area contributed by atoms with Gasteiger partial charge in [0.05, 0.1) is 49.7 Å². The van der Waals surface area contributed by atoms with Crippen LogP contribution >= 0.6 is 0 Å². The van der Waals surface area contributed by atoms with Crippen molar-refractivity contribution in [3.8, 4) is 0 Å². The minimum absolute atomic E-state index is 0.0642. The van der Waals surface area contributed by atoms with E-state index in [1.165, 1.54) is 0 Å². The van der Waals surface area contributed by atoms with Gasteiger partial charge in [0.2, 0.25) is 6.29 Å². The summed E-state index contributed by atoms with van der Waals surface area (Å²) < 4.78 is 60.7. The molecule has 5 heterocycles. The minimum Gasteiger partial charge on any atom is -0.432 e. The van der Waals surface area contributed by atoms with E-state index in [1.54, 1.807) is 6.92 Å². The summed E-state index contributed by atoms with van der Waals surface area (Å²) in [6.07, 6.45) is -31.1. The molecule has 74 heavy (non-hydrogen) atoms. The van der Waals surface area contributed by atoms with Crippen LogP contribution in [0.5, 0.6) is 0 Å². The molecule has 0 radical (unpaired) electrons. The molecule has 4 aliphatic carbocycles. The normalized spacial score (nSPS) is 54.8. The molecule has 29 atom stereocenters. The molecule has 9 fully saturated rings. The molecule has 1 unspecified atom stereocenters. The molecule has 424 valence electrons. The van der Waals surface area contributed by atoms with Gasteiger partial charge in [0.1, 0.15) is 91.6 Å². The molecule has 25 nitrogen and oxygen atoms in total. The van der Waals surface area contributed by atoms with E-state index in [9.17, 15) is 71.5 Å². The van der Waals surface area contributed by atoms with Crippen molar-refractivity contribution in [2.75, 3.05) is 26.4 Å². The summed E-state index contributed by atoms with van der Waals surface area (Å²) in [6, 6.07) is 0. The Labute approximate surface area is 427 Å². The molecule has 25 heteroatoms. The quantitative estimate of drug-likeness (QED) is 0.0469. The Kier molecular flexibility index (Phi) is 16.7. The van der Waals surface area contributed by atoms with Gasteiger partial charge in [0.15, 0.2) is 31.3 Å². The van der Waals surface area contributed by atoms with E-state index in [2.05, 4.69) is 13.5 Å². The molecular weight excluding hydrogens is 989 g/mol. The fourth-order valence-electron chi connectivity index (χ4n) is 14.5. The van der Waals surface area contributed by atoms with Gasteiger partial charge in [-0.1, -0.05) is 19.9 Å². The molecule has 5 aliphatic heterocycles. The molecule has 9 rings (SSSR count). The van der Waals surface area contributed by atoms with Crippen molar-refractivity contribution in [1.82, 2.24) is 0 Å². The second-order valence-corrected chi connectivity index (χ2v) is 23.0. The van der Waals surface area contributed by atoms with Crippen LogP contribution in [0.25, 0.3) is 0 Å². The lowest BCUT2D eigenvalue weighted by Crippen LogP contribution is -2.67. The van der Waals surface area contributed by atoms with Crippen molar-refractivity contribution in [3.05, 3.63) is 12.2 Å². The zero-order valence-electron chi connectivity index (χ0n) is 41.8. The summed E-state index contributed by atoms with van der Waals surface area (Å²) in [7, 11) is 0. The van der Waals surface area contributed by atoms with Gasteiger partial charge >= 0.3 is 5.97 Å². The van der Waals surface area contributed by atoms with Gasteiger partial charge < -0.3 is 119 Å². The van der Waals surface area contributed by atoms with E-state index in [4.69, 9.17) is 47.4 Å². The molecule has 14 N–H and O–H groups in total. The Balaban J connectivity index is 0.957. The van der Waals surface area contributed by atoms with E-state index in [0.717, 1.165) is 12.0 Å². The van der Waals surface area contributed by atoms with Gasteiger partial charge in [0, 0.05) is 6.42 Å². The fraction of sp³-hybridized carbons (Fsp3) is 0.939. The molecule has 2 bridgehead atoms. The van der Waals surface area contributed by atoms with Crippen LogP contribution in [0, 0.1) is 28.1 Å². The van der Waals surface area contributed by atoms with Gasteiger partial charge in [-0.05, 0) is 93.5 Å². The van der Waals surface area contributed by atoms with Crippen molar-refractivity contribution in [2.45, 2.75) is 232 Å². The highest BCUT2D eigenvalue weighted by Crippen LogP contribution is 2.74. The first-order valence-electron chi connectivity index (χ1n) is 26.0. The average Bonchev–Trinajstić information content (AvgIpc) is 3.56. The predicted molar refractivity (Wildman–Crippen MR) is 243 cm³/mol. The fourth-order valence-corrected chi connectivity index (χ4v) is 14.5. The van der Waals surface area contributed by atoms with Gasteiger partial charge in [-0.15, -0.1) is 0 Å². The number of fused-ring (bicyclic) bond motifs is 3. The van der Waals surface area contributed by atoms with E-state index >= 15 is 4.79 Å². The Morgan fingerprint density at radius 3 is 1.80 bits per heavy atom. The number of aliphatic hydroxyl groups is 14. The molecular formula is C49H78O25. The summed E-state index contributed by atoms with van der Waals surface area (Å²) in [6.45, 7) is 7.45. The molecule has 0 amide bonds. The van der Waals surface area contributed by atoms with Crippen molar-refractivity contribution in [1.29, 1.82) is 0 Å². The van der Waals surface area contributed by atoms with Crippen LogP contribution in [-0.2, 0) is 52.2 Å². The zero-order chi connectivity index (χ0) is 53.6. The summed E-state index contributed by atoms with van der Waals surface area (Å²) in [5.41, 5.74) is -1.95. The van der Waals surface area contributed by atoms with Crippen LogP contribution in [-0.4, -0.2) is 251 Å². The maximum atomic E-state index is 15.2. The van der Waals surface area contributed by atoms with Crippen molar-refractivity contribution in [3.63, 3.8) is 0 Å². The second-order valence-electron chi connectivity index (χ2n) is 23.0. The van der Waals surface area contributed by atoms with Crippen LogP contribution < -0.4 is 0 Å². The van der Waals surface area contributed by atoms with Gasteiger partial charge in [0.25, 0.3) is 0 Å². The van der Waals surface area contributed by atoms with E-state index in [1.807, 2.05) is 6.92 Å². The molecule has 0 aromatic rings. The number of rotatable bonds is 13. The van der Waals surface area contributed by atoms with Crippen molar-refractivity contribution >= 4 is 5.97 Å². The highest BCUT2D eigenvalue weighted by molar-refractivity contribution is 5.77. The summed E-state index contributed by atoms with van der Waals surface area (Å²) in [5, 5.41) is 148. The Bertz CT molecular complexity index is 1970. The van der Waals surface area contributed by atoms with Gasteiger partial charge in [-0.25, -0.2) is 0 Å². The molecule has 0 aromatic carbocycles. The topological polar surface area (TPSA) is 393 Å². The number of aliphatic hydroxyl groups excluding tert-OH is 14. The van der Waals surface area contributed by atoms with Crippen LogP contribution in [0.3, 0.4) is 0 Å². The maximum Gasteiger partial charge on any atom is 0.314 e. The predicted octanol–water partition coefficient (Wildman–Crippen LogP) is -4.59. The smallest absolute Gasteiger partial charge is 0.314 e. The number of carbonyl (C=O) groups is 1. The van der Waals surface area contributed by atoms with E-state index in [0.29, 0.717) is 51.4 Å². The third-order valence-electron chi connectivity index (χ3n) is 18.7. The highest BCUT2D eigenvalue weighted by atomic mass is 16.8. The molecule has 5 saturated heterocycles. The van der Waals surface area contributed by atoms with Gasteiger partial charge in [-0.2, -0.15) is 0 Å². The first-order chi connectivity index (χ1) is 35.0. The Hall–Kier alpha value is -1.71. The number of ether oxygens (including phenoxy) is 10. The van der Waals surface area contributed by atoms with Crippen LogP contribution in [0.2, 0.25) is 0 Å². The standard InChI is InChI=1S/C49H78O25/c1-19-13-48-10-6-27-46(3,28(48)7-11-49(19,18-48)74-40-23(12-21(53)20(2)66-40)67-41-35(61)29(55)22(54)17-65-41)8-5-9-47(27,4)45(64)73-44-39(72-43-37(63)34(60)31(57)25(15-51)69-43)38(32(58)26(16-52)70-44)71-42-36(62)33(59)30(56)24(14-50)68-42/h20-44,50-63H,1,5-18H2,2-4H3/t20-,21+,22-,23-,24-,25-,26-,27+,28+,29+,30-,31-,32-,33+,34+,35-,36-,37-,38+,39-,40+,41+,42+,43+,44?,46-,47-,48-,49+/m1/s1. The minimum atomic E-state index is -2.01. The maximum absolute atomic E-state index is 15.2. The van der Waals surface area contributed by atoms with Crippen LogP contribution in [0.15, 0.2) is 12.2 Å². The molecule has 0 aromatic heterocycles. The first kappa shape index (κ1) is 57.0. The largest absolute Gasteiger partial charge is 0.432 e. The van der Waals surface area contributed by atoms with Crippen molar-refractivity contribution in [2.24, 2.45) is 28.1 Å². The monoisotopic (exact) mass is 1070 g/mol. The summed E-state index contributed by atoms with van der Waals surface area (Å²) >= 11 is 0. The molecule has 9 aliphatic rings. The first-order valence-corrected chi connectivity index (χ1v) is 26.0. The second kappa shape index (κ2) is 21.7. The lowest BCUT2D eigenvalue weighted by Gasteiger charge is -2.64. The third-order valence-corrected chi connectivity index (χ3v) is 18.7. The Morgan fingerprint density at radius 1 is 0.608 bits per heavy atom. The SMILES string of the molecule is C=C1C[C@@]23CC[C@H]4[C@@](C)(CCC[C@@]4(C)C(=O)OC4O[C@H](CO)[C@@H](O)[C@H](O[C@@H]5O[C@H](CO)[C@@H](O)[C@H](O)[C@H]5O)[C@H]4O[C@@H]4O[C@H](CO)[C@@H](O)[C@H](O)[C@H]4O)[C@@H]2CC[C@]1(O[C@@H]1O[C@H](C)[C@@H](O)C[C@H]1O[C@@H]1OC[C@@H](O)[C@H](O)[C@H]1O)C3. The third kappa shape index (κ3) is 9.83. The van der Waals surface area contributed by atoms with Crippen LogP contribution in [0.4, 0.5) is 0 Å². The number of esters is 1.